The molecule has 1 heterocycles. The number of hydrogen-bond acceptors (Lipinski definition) is 4. The summed E-state index contributed by atoms with van der Waals surface area (Å²) in [5.41, 5.74) is 1.91. The second-order valence-electron chi connectivity index (χ2n) is 7.13. The first-order valence-corrected chi connectivity index (χ1v) is 10.8. The summed E-state index contributed by atoms with van der Waals surface area (Å²) in [7, 11) is -3.58. The van der Waals surface area contributed by atoms with E-state index in [1.54, 1.807) is 48.5 Å². The molecule has 2 aromatic carbocycles. The van der Waals surface area contributed by atoms with Crippen LogP contribution in [0, 0.1) is 0 Å². The van der Waals surface area contributed by atoms with Gasteiger partial charge in [-0.15, -0.1) is 0 Å². The molecule has 0 saturated heterocycles. The molecule has 1 fully saturated rings. The molecule has 0 bridgehead atoms. The van der Waals surface area contributed by atoms with Gasteiger partial charge in [0.25, 0.3) is 5.91 Å². The van der Waals surface area contributed by atoms with Crippen LogP contribution in [0.15, 0.2) is 53.4 Å². The summed E-state index contributed by atoms with van der Waals surface area (Å²) < 4.78 is 27.5. The van der Waals surface area contributed by atoms with Gasteiger partial charge < -0.3 is 10.6 Å². The van der Waals surface area contributed by atoms with Crippen LogP contribution in [0.2, 0.25) is 0 Å². The zero-order valence-electron chi connectivity index (χ0n) is 14.9. The van der Waals surface area contributed by atoms with Crippen LogP contribution in [0.3, 0.4) is 0 Å². The molecule has 1 amide bonds. The van der Waals surface area contributed by atoms with E-state index < -0.39 is 16.2 Å². The van der Waals surface area contributed by atoms with Crippen molar-refractivity contribution in [1.82, 2.24) is 10.0 Å². The van der Waals surface area contributed by atoms with Crippen molar-refractivity contribution in [3.63, 3.8) is 0 Å². The molecule has 3 N–H and O–H groups in total. The molecule has 2 aliphatic rings. The summed E-state index contributed by atoms with van der Waals surface area (Å²) in [4.78, 5) is 12.7. The van der Waals surface area contributed by atoms with E-state index in [1.165, 1.54) is 19.3 Å². The number of carbonyl (C=O) groups excluding carboxylic acids is 1. The minimum atomic E-state index is -3.58. The Balaban J connectivity index is 1.49. The number of para-hydroxylation sites is 1. The lowest BCUT2D eigenvalue weighted by molar-refractivity contribution is 0.0927. The highest BCUT2D eigenvalue weighted by molar-refractivity contribution is 7.89. The van der Waals surface area contributed by atoms with Crippen LogP contribution in [0.4, 0.5) is 5.69 Å². The lowest BCUT2D eigenvalue weighted by atomic mass is 9.95. The predicted octanol–water partition coefficient (Wildman–Crippen LogP) is 3.15. The summed E-state index contributed by atoms with van der Waals surface area (Å²) in [5.74, 6) is -0.0732. The Morgan fingerprint density at radius 1 is 0.963 bits per heavy atom. The number of amides is 1. The average Bonchev–Trinajstić information content (AvgIpc) is 2.68. The number of anilines is 1. The molecule has 4 rings (SSSR count). The lowest BCUT2D eigenvalue weighted by Crippen LogP contribution is -2.38. The maximum absolute atomic E-state index is 12.4. The second kappa shape index (κ2) is 7.32. The summed E-state index contributed by atoms with van der Waals surface area (Å²) in [6.45, 7) is 0. The third kappa shape index (κ3) is 3.84. The van der Waals surface area contributed by atoms with E-state index in [0.717, 1.165) is 18.4 Å². The van der Waals surface area contributed by atoms with Crippen molar-refractivity contribution in [1.29, 1.82) is 0 Å². The fraction of sp³-hybridized carbons (Fsp3) is 0.350. The number of fused-ring (bicyclic) bond motifs is 1. The van der Waals surface area contributed by atoms with Gasteiger partial charge in [-0.1, -0.05) is 43.5 Å². The first kappa shape index (κ1) is 18.0. The van der Waals surface area contributed by atoms with Crippen molar-refractivity contribution in [2.24, 2.45) is 0 Å². The third-order valence-electron chi connectivity index (χ3n) is 5.20. The Labute approximate surface area is 159 Å². The van der Waals surface area contributed by atoms with E-state index in [-0.39, 0.29) is 16.8 Å². The molecule has 2 aromatic rings. The number of benzene rings is 2. The van der Waals surface area contributed by atoms with Crippen molar-refractivity contribution in [2.45, 2.75) is 49.2 Å². The standard InChI is InChI=1S/C20H23N3O3S/c24-20(21-16-6-2-1-3-7-16)15-12-10-14(11-13-15)19-22-17-8-4-5-9-18(17)27(25,26)23-19/h4-5,8-13,16,19,22-23H,1-3,6-7H2,(H,21,24)/t19-/m0/s1. The van der Waals surface area contributed by atoms with E-state index in [1.807, 2.05) is 0 Å². The van der Waals surface area contributed by atoms with Gasteiger partial charge in [0.15, 0.2) is 0 Å². The Morgan fingerprint density at radius 3 is 2.41 bits per heavy atom. The number of sulfonamides is 1. The Morgan fingerprint density at radius 2 is 1.67 bits per heavy atom. The van der Waals surface area contributed by atoms with E-state index in [2.05, 4.69) is 15.4 Å². The molecule has 1 aliphatic heterocycles. The molecule has 1 atom stereocenters. The van der Waals surface area contributed by atoms with E-state index in [0.29, 0.717) is 11.3 Å². The molecule has 0 spiro atoms. The minimum Gasteiger partial charge on any atom is -0.364 e. The molecule has 27 heavy (non-hydrogen) atoms. The molecule has 7 heteroatoms. The van der Waals surface area contributed by atoms with Gasteiger partial charge in [-0.2, -0.15) is 4.72 Å². The van der Waals surface area contributed by atoms with E-state index in [9.17, 15) is 13.2 Å². The lowest BCUT2D eigenvalue weighted by Gasteiger charge is -2.28. The van der Waals surface area contributed by atoms with Crippen molar-refractivity contribution in [3.05, 3.63) is 59.7 Å². The van der Waals surface area contributed by atoms with Gasteiger partial charge in [0.2, 0.25) is 10.0 Å². The summed E-state index contributed by atoms with van der Waals surface area (Å²) in [6.07, 6.45) is 5.08. The number of carbonyl (C=O) groups is 1. The third-order valence-corrected chi connectivity index (χ3v) is 6.68. The largest absolute Gasteiger partial charge is 0.364 e. The smallest absolute Gasteiger partial charge is 0.251 e. The van der Waals surface area contributed by atoms with Crippen molar-refractivity contribution < 1.29 is 13.2 Å². The van der Waals surface area contributed by atoms with Crippen LogP contribution in [0.1, 0.15) is 54.2 Å². The maximum atomic E-state index is 12.4. The van der Waals surface area contributed by atoms with E-state index in [4.69, 9.17) is 0 Å². The van der Waals surface area contributed by atoms with Crippen LogP contribution in [0.5, 0.6) is 0 Å². The summed E-state index contributed by atoms with van der Waals surface area (Å²) in [6, 6.07) is 14.1. The van der Waals surface area contributed by atoms with Gasteiger partial charge in [-0.3, -0.25) is 4.79 Å². The van der Waals surface area contributed by atoms with Crippen LogP contribution in [0.25, 0.3) is 0 Å². The van der Waals surface area contributed by atoms with Crippen molar-refractivity contribution in [2.75, 3.05) is 5.32 Å². The Kier molecular flexibility index (Phi) is 4.88. The van der Waals surface area contributed by atoms with Gasteiger partial charge in [-0.25, -0.2) is 8.42 Å². The predicted molar refractivity (Wildman–Crippen MR) is 104 cm³/mol. The van der Waals surface area contributed by atoms with Crippen LogP contribution in [-0.2, 0) is 10.0 Å². The molecule has 0 aromatic heterocycles. The number of nitrogens with one attached hydrogen (secondary N) is 3. The minimum absolute atomic E-state index is 0.0732. The van der Waals surface area contributed by atoms with Gasteiger partial charge in [0.1, 0.15) is 11.1 Å². The molecule has 6 nitrogen and oxygen atoms in total. The monoisotopic (exact) mass is 385 g/mol. The molecule has 1 aliphatic carbocycles. The van der Waals surface area contributed by atoms with Gasteiger partial charge >= 0.3 is 0 Å². The second-order valence-corrected chi connectivity index (χ2v) is 8.81. The zero-order valence-corrected chi connectivity index (χ0v) is 15.8. The molecule has 0 unspecified atom stereocenters. The quantitative estimate of drug-likeness (QED) is 0.757. The molecule has 142 valence electrons. The topological polar surface area (TPSA) is 87.3 Å². The summed E-state index contributed by atoms with van der Waals surface area (Å²) in [5, 5.41) is 6.29. The van der Waals surface area contributed by atoms with E-state index >= 15 is 0 Å². The normalized spacial score (nSPS) is 21.7. The van der Waals surface area contributed by atoms with Gasteiger partial charge in [0.05, 0.1) is 5.69 Å². The summed E-state index contributed by atoms with van der Waals surface area (Å²) >= 11 is 0. The van der Waals surface area contributed by atoms with Crippen LogP contribution < -0.4 is 15.4 Å². The highest BCUT2D eigenvalue weighted by Crippen LogP contribution is 2.30. The SMILES string of the molecule is O=C(NC1CCCCC1)c1ccc([C@H]2Nc3ccccc3S(=O)(=O)N2)cc1. The Bertz CT molecular complexity index is 935. The molecule has 0 radical (unpaired) electrons. The average molecular weight is 385 g/mol. The number of rotatable bonds is 3. The number of hydrogen-bond donors (Lipinski definition) is 3. The van der Waals surface area contributed by atoms with Gasteiger partial charge in [-0.05, 0) is 42.7 Å². The first-order valence-electron chi connectivity index (χ1n) is 9.32. The highest BCUT2D eigenvalue weighted by Gasteiger charge is 2.29. The van der Waals surface area contributed by atoms with Gasteiger partial charge in [0, 0.05) is 11.6 Å². The fourth-order valence-corrected chi connectivity index (χ4v) is 5.02. The van der Waals surface area contributed by atoms with Crippen LogP contribution in [-0.4, -0.2) is 20.4 Å². The first-order chi connectivity index (χ1) is 13.0. The maximum Gasteiger partial charge on any atom is 0.251 e. The molecular formula is C20H23N3O3S. The molecular weight excluding hydrogens is 362 g/mol. The van der Waals surface area contributed by atoms with Crippen molar-refractivity contribution in [3.8, 4) is 0 Å². The van der Waals surface area contributed by atoms with Crippen molar-refractivity contribution >= 4 is 21.6 Å². The van der Waals surface area contributed by atoms with Crippen LogP contribution >= 0.6 is 0 Å². The molecule has 1 saturated carbocycles. The highest BCUT2D eigenvalue weighted by atomic mass is 32.2. The Hall–Kier alpha value is -2.38. The zero-order chi connectivity index (χ0) is 18.9. The fourth-order valence-electron chi connectivity index (χ4n) is 3.72.